The van der Waals surface area contributed by atoms with E-state index in [4.69, 9.17) is 20.3 Å². The van der Waals surface area contributed by atoms with E-state index >= 15 is 0 Å². The van der Waals surface area contributed by atoms with Gasteiger partial charge in [0.05, 0.1) is 18.0 Å². The van der Waals surface area contributed by atoms with Crippen molar-refractivity contribution in [3.8, 4) is 22.8 Å². The van der Waals surface area contributed by atoms with E-state index in [2.05, 4.69) is 40.7 Å². The lowest BCUT2D eigenvalue weighted by Crippen LogP contribution is -2.62. The third-order valence-corrected chi connectivity index (χ3v) is 12.9. The maximum absolute atomic E-state index is 13.5. The zero-order valence-corrected chi connectivity index (χ0v) is 32.9. The molecule has 0 radical (unpaired) electrons. The highest BCUT2D eigenvalue weighted by Crippen LogP contribution is 2.37. The highest BCUT2D eigenvalue weighted by Gasteiger charge is 2.39. The van der Waals surface area contributed by atoms with Crippen LogP contribution < -0.4 is 20.7 Å². The number of carbonyl (C=O) groups excluding carboxylic acids is 3. The van der Waals surface area contributed by atoms with Gasteiger partial charge in [0.1, 0.15) is 42.1 Å². The number of likely N-dealkylation sites (tertiary alicyclic amines) is 2. The minimum absolute atomic E-state index is 0.0186. The monoisotopic (exact) mass is 796 g/mol. The number of fused-ring (bicyclic) bond motifs is 2. The van der Waals surface area contributed by atoms with Crippen molar-refractivity contribution in [2.24, 2.45) is 0 Å². The molecule has 304 valence electrons. The lowest BCUT2D eigenvalue weighted by molar-refractivity contribution is -0.138. The molecule has 5 aromatic rings. The van der Waals surface area contributed by atoms with Crippen LogP contribution in [0.3, 0.4) is 0 Å². The van der Waals surface area contributed by atoms with Gasteiger partial charge >= 0.3 is 0 Å². The van der Waals surface area contributed by atoms with Crippen LogP contribution in [0.1, 0.15) is 60.5 Å². The molecule has 3 N–H and O–H groups in total. The minimum atomic E-state index is -0.706. The van der Waals surface area contributed by atoms with E-state index < -0.39 is 11.9 Å². The SMILES string of the molecule is Nc1ncnc2c1c(-c1ccc(Oc3ccccc3)cc1)nn2C1CCN(C2CCN(C3CN(c4ccc5c(c4)COCN(C4CCC(=O)NC4=O)C5=O)C3)CC2)CC1. The van der Waals surface area contributed by atoms with Gasteiger partial charge < -0.3 is 29.9 Å². The average Bonchev–Trinajstić information content (AvgIpc) is 3.56. The van der Waals surface area contributed by atoms with Gasteiger partial charge in [-0.15, -0.1) is 0 Å². The number of imide groups is 1. The highest BCUT2D eigenvalue weighted by atomic mass is 16.5. The Hall–Kier alpha value is -5.90. The van der Waals surface area contributed by atoms with Crippen LogP contribution in [0.5, 0.6) is 11.5 Å². The van der Waals surface area contributed by atoms with Crippen LogP contribution in [0.2, 0.25) is 0 Å². The summed E-state index contributed by atoms with van der Waals surface area (Å²) in [5, 5.41) is 8.28. The number of benzene rings is 3. The molecular weight excluding hydrogens is 749 g/mol. The quantitative estimate of drug-likeness (QED) is 0.210. The van der Waals surface area contributed by atoms with Gasteiger partial charge in [-0.1, -0.05) is 18.2 Å². The predicted molar refractivity (Wildman–Crippen MR) is 221 cm³/mol. The van der Waals surface area contributed by atoms with Gasteiger partial charge in [0.2, 0.25) is 11.8 Å². The van der Waals surface area contributed by atoms with Gasteiger partial charge in [0.25, 0.3) is 5.91 Å². The number of piperidine rings is 3. The number of nitrogens with two attached hydrogens (primary N) is 1. The summed E-state index contributed by atoms with van der Waals surface area (Å²) in [7, 11) is 0. The first-order valence-electron chi connectivity index (χ1n) is 20.8. The Morgan fingerprint density at radius 2 is 1.49 bits per heavy atom. The molecule has 4 fully saturated rings. The summed E-state index contributed by atoms with van der Waals surface area (Å²) < 4.78 is 14.0. The molecule has 1 atom stereocenters. The summed E-state index contributed by atoms with van der Waals surface area (Å²) in [5.74, 6) is 0.993. The molecule has 10 rings (SSSR count). The van der Waals surface area contributed by atoms with E-state index in [1.165, 1.54) is 11.2 Å². The Morgan fingerprint density at radius 1 is 0.780 bits per heavy atom. The Morgan fingerprint density at radius 3 is 2.24 bits per heavy atom. The van der Waals surface area contributed by atoms with Crippen molar-refractivity contribution >= 4 is 40.3 Å². The van der Waals surface area contributed by atoms with Crippen molar-refractivity contribution in [1.29, 1.82) is 0 Å². The second-order valence-corrected chi connectivity index (χ2v) is 16.3. The Labute approximate surface area is 342 Å². The number of ether oxygens (including phenoxy) is 2. The van der Waals surface area contributed by atoms with Gasteiger partial charge in [-0.25, -0.2) is 14.6 Å². The number of anilines is 2. The van der Waals surface area contributed by atoms with Gasteiger partial charge in [-0.05, 0) is 92.3 Å². The van der Waals surface area contributed by atoms with E-state index in [9.17, 15) is 14.4 Å². The van der Waals surface area contributed by atoms with Crippen LogP contribution in [0, 0.1) is 0 Å². The summed E-state index contributed by atoms with van der Waals surface area (Å²) >= 11 is 0. The number of para-hydroxylation sites is 1. The number of aromatic nitrogens is 4. The first kappa shape index (κ1) is 37.4. The highest BCUT2D eigenvalue weighted by molar-refractivity contribution is 6.04. The van der Waals surface area contributed by atoms with Crippen molar-refractivity contribution < 1.29 is 23.9 Å². The molecule has 5 aliphatic rings. The van der Waals surface area contributed by atoms with Crippen molar-refractivity contribution in [2.75, 3.05) is 56.6 Å². The van der Waals surface area contributed by atoms with Crippen molar-refractivity contribution in [2.45, 2.75) is 69.3 Å². The van der Waals surface area contributed by atoms with Crippen LogP contribution in [0.15, 0.2) is 79.1 Å². The van der Waals surface area contributed by atoms with Crippen LogP contribution in [0.25, 0.3) is 22.3 Å². The molecule has 4 saturated heterocycles. The normalized spacial score (nSPS) is 21.6. The number of amides is 3. The number of nitrogens with one attached hydrogen (secondary N) is 1. The summed E-state index contributed by atoms with van der Waals surface area (Å²) in [6, 6.07) is 24.2. The lowest BCUT2D eigenvalue weighted by Gasteiger charge is -2.50. The van der Waals surface area contributed by atoms with Gasteiger partial charge in [0.15, 0.2) is 5.65 Å². The molecule has 15 heteroatoms. The first-order valence-corrected chi connectivity index (χ1v) is 20.8. The van der Waals surface area contributed by atoms with E-state index in [0.29, 0.717) is 36.5 Å². The van der Waals surface area contributed by atoms with E-state index in [1.807, 2.05) is 66.7 Å². The first-order chi connectivity index (χ1) is 28.9. The maximum Gasteiger partial charge on any atom is 0.256 e. The number of rotatable bonds is 8. The third kappa shape index (κ3) is 7.27. The molecule has 59 heavy (non-hydrogen) atoms. The standard InChI is InChI=1S/C44H48N10O5/c45-41-39-40(28-6-9-35(10-7-28)59-34-4-2-1-3-5-34)49-54(42(39)47-26-46-41)31-16-20-50(21-17-31)30-14-18-51(19-15-30)33-23-52(24-33)32-8-11-36-29(22-32)25-58-27-53(44(36)57)37-12-13-38(55)48-43(37)56/h1-11,22,26,30-31,33,37H,12-21,23-25,27H2,(H2,45,46,47)(H,48,55,56). The summed E-state index contributed by atoms with van der Waals surface area (Å²) in [6.07, 6.45) is 6.35. The smallest absolute Gasteiger partial charge is 0.256 e. The van der Waals surface area contributed by atoms with Gasteiger partial charge in [0, 0.05) is 74.6 Å². The molecule has 5 aliphatic heterocycles. The topological polar surface area (TPSA) is 164 Å². The lowest BCUT2D eigenvalue weighted by atomic mass is 9.95. The predicted octanol–water partition coefficient (Wildman–Crippen LogP) is 4.59. The number of hydrogen-bond acceptors (Lipinski definition) is 12. The summed E-state index contributed by atoms with van der Waals surface area (Å²) in [6.45, 7) is 6.43. The van der Waals surface area contributed by atoms with Crippen LogP contribution in [0.4, 0.5) is 11.5 Å². The minimum Gasteiger partial charge on any atom is -0.457 e. The number of carbonyl (C=O) groups is 3. The summed E-state index contributed by atoms with van der Waals surface area (Å²) in [5.41, 5.74) is 11.4. The van der Waals surface area contributed by atoms with Crippen LogP contribution in [-0.2, 0) is 20.9 Å². The summed E-state index contributed by atoms with van der Waals surface area (Å²) in [4.78, 5) is 55.8. The van der Waals surface area contributed by atoms with E-state index in [1.54, 1.807) is 0 Å². The second kappa shape index (κ2) is 15.7. The molecule has 0 saturated carbocycles. The molecule has 3 amide bonds. The fourth-order valence-corrected chi connectivity index (χ4v) is 9.55. The Bertz CT molecular complexity index is 2370. The van der Waals surface area contributed by atoms with Crippen molar-refractivity contribution in [1.82, 2.24) is 39.8 Å². The fourth-order valence-electron chi connectivity index (χ4n) is 9.55. The van der Waals surface area contributed by atoms with Gasteiger partial charge in [-0.2, -0.15) is 5.10 Å². The molecule has 7 heterocycles. The molecule has 0 spiro atoms. The van der Waals surface area contributed by atoms with Crippen LogP contribution >= 0.6 is 0 Å². The number of nitrogen functional groups attached to an aromatic ring is 1. The molecule has 2 aromatic heterocycles. The maximum atomic E-state index is 13.5. The zero-order valence-electron chi connectivity index (χ0n) is 32.9. The number of hydrogen-bond donors (Lipinski definition) is 2. The van der Waals surface area contributed by atoms with Gasteiger partial charge in [-0.3, -0.25) is 24.6 Å². The molecule has 15 nitrogen and oxygen atoms in total. The van der Waals surface area contributed by atoms with Crippen LogP contribution in [-0.4, -0.2) is 116 Å². The molecule has 3 aromatic carbocycles. The zero-order chi connectivity index (χ0) is 40.0. The largest absolute Gasteiger partial charge is 0.457 e. The molecule has 0 aliphatic carbocycles. The molecule has 0 bridgehead atoms. The van der Waals surface area contributed by atoms with Crippen molar-refractivity contribution in [3.63, 3.8) is 0 Å². The molecular formula is C44H48N10O5. The van der Waals surface area contributed by atoms with E-state index in [-0.39, 0.29) is 31.0 Å². The Kier molecular flexibility index (Phi) is 9.94. The fraction of sp³-hybridized carbons (Fsp3) is 0.409. The van der Waals surface area contributed by atoms with E-state index in [0.717, 1.165) is 110 Å². The third-order valence-electron chi connectivity index (χ3n) is 12.9. The second-order valence-electron chi connectivity index (χ2n) is 16.3. The number of nitrogens with zero attached hydrogens (tertiary/aromatic N) is 8. The Balaban J connectivity index is 0.724. The van der Waals surface area contributed by atoms with Crippen molar-refractivity contribution in [3.05, 3.63) is 90.3 Å². The average molecular weight is 797 g/mol. The molecule has 1 unspecified atom stereocenters.